The molecule has 4 aliphatic carbocycles. The SMILES string of the molecule is C=C(/C=C\C(=O)OC)[C@H]1[C@@H](OC(C)=O)C[C@]2(O)[C@@H]3CC[C@@H]4C[C@@H](O)CC[C@]4(C)[C@H]3CCC[C@]12C. The number of carbonyl (C=O) groups is 2. The van der Waals surface area contributed by atoms with Gasteiger partial charge in [0, 0.05) is 30.8 Å². The maximum absolute atomic E-state index is 12.6. The summed E-state index contributed by atoms with van der Waals surface area (Å²) < 4.78 is 10.6. The summed E-state index contributed by atoms with van der Waals surface area (Å²) in [6.45, 7) is 10.2. The molecule has 0 unspecified atom stereocenters. The van der Waals surface area contributed by atoms with Crippen LogP contribution in [-0.4, -0.2) is 47.1 Å². The molecule has 0 aromatic carbocycles. The summed E-state index contributed by atoms with van der Waals surface area (Å²) in [5.41, 5.74) is -0.721. The summed E-state index contributed by atoms with van der Waals surface area (Å²) in [5, 5.41) is 23.0. The van der Waals surface area contributed by atoms with Crippen molar-refractivity contribution in [3.63, 3.8) is 0 Å². The van der Waals surface area contributed by atoms with Crippen molar-refractivity contribution in [1.29, 1.82) is 0 Å². The van der Waals surface area contributed by atoms with Gasteiger partial charge in [-0.2, -0.15) is 0 Å². The lowest BCUT2D eigenvalue weighted by molar-refractivity contribution is -0.169. The first-order valence-electron chi connectivity index (χ1n) is 13.0. The molecule has 6 nitrogen and oxygen atoms in total. The number of esters is 2. The number of allylic oxidation sites excluding steroid dienone is 1. The summed E-state index contributed by atoms with van der Waals surface area (Å²) in [7, 11) is 1.33. The lowest BCUT2D eigenvalue weighted by atomic mass is 9.48. The zero-order valence-electron chi connectivity index (χ0n) is 21.2. The number of hydrogen-bond acceptors (Lipinski definition) is 6. The van der Waals surface area contributed by atoms with Gasteiger partial charge in [-0.05, 0) is 73.7 Å². The molecule has 0 aliphatic heterocycles. The lowest BCUT2D eigenvalue weighted by Crippen LogP contribution is -2.57. The zero-order chi connectivity index (χ0) is 24.9. The molecule has 0 spiro atoms. The molecule has 0 aromatic heterocycles. The predicted octanol–water partition coefficient (Wildman–Crippen LogP) is 4.34. The molecule has 4 rings (SSSR count). The molecule has 0 amide bonds. The lowest BCUT2D eigenvalue weighted by Gasteiger charge is -2.58. The molecular weight excluding hydrogens is 432 g/mol. The number of aliphatic hydroxyl groups excluding tert-OH is 1. The van der Waals surface area contributed by atoms with Crippen LogP contribution in [0, 0.1) is 34.5 Å². The number of fused-ring (bicyclic) bond motifs is 5. The number of ether oxygens (including phenoxy) is 2. The highest BCUT2D eigenvalue weighted by molar-refractivity contribution is 5.82. The van der Waals surface area contributed by atoms with Crippen LogP contribution in [0.5, 0.6) is 0 Å². The fourth-order valence-electron chi connectivity index (χ4n) is 8.77. The van der Waals surface area contributed by atoms with Crippen molar-refractivity contribution >= 4 is 11.9 Å². The minimum absolute atomic E-state index is 0.108. The molecule has 190 valence electrons. The molecule has 4 aliphatic rings. The van der Waals surface area contributed by atoms with Gasteiger partial charge in [0.05, 0.1) is 18.8 Å². The quantitative estimate of drug-likeness (QED) is 0.358. The second kappa shape index (κ2) is 9.09. The summed E-state index contributed by atoms with van der Waals surface area (Å²) in [6, 6.07) is 0. The van der Waals surface area contributed by atoms with E-state index in [1.165, 1.54) is 20.1 Å². The van der Waals surface area contributed by atoms with Crippen LogP contribution in [0.2, 0.25) is 0 Å². The first-order chi connectivity index (χ1) is 16.0. The van der Waals surface area contributed by atoms with E-state index in [9.17, 15) is 19.8 Å². The van der Waals surface area contributed by atoms with E-state index in [0.29, 0.717) is 23.8 Å². The summed E-state index contributed by atoms with van der Waals surface area (Å²) in [5.74, 6) is -0.130. The van der Waals surface area contributed by atoms with E-state index in [2.05, 4.69) is 20.4 Å². The molecule has 0 saturated heterocycles. The highest BCUT2D eigenvalue weighted by atomic mass is 16.5. The van der Waals surface area contributed by atoms with Crippen molar-refractivity contribution in [3.8, 4) is 0 Å². The Morgan fingerprint density at radius 3 is 2.47 bits per heavy atom. The first kappa shape index (κ1) is 25.4. The molecule has 0 bridgehead atoms. The minimum Gasteiger partial charge on any atom is -0.466 e. The van der Waals surface area contributed by atoms with Crippen LogP contribution in [0.25, 0.3) is 0 Å². The van der Waals surface area contributed by atoms with Crippen LogP contribution in [0.1, 0.15) is 78.6 Å². The van der Waals surface area contributed by atoms with Gasteiger partial charge in [0.1, 0.15) is 6.10 Å². The van der Waals surface area contributed by atoms with Crippen molar-refractivity contribution in [2.24, 2.45) is 34.5 Å². The van der Waals surface area contributed by atoms with Crippen molar-refractivity contribution in [2.45, 2.75) is 96.4 Å². The standard InChI is InChI=1S/C28H42O6/c1-17(8-11-24(31)33-5)25-23(34-18(2)29)16-28(32)22-10-9-19-15-20(30)12-14-26(19,3)21(22)7-6-13-27(25,28)4/h8,11,19-23,25,30,32H,1,6-7,9-10,12-16H2,2-5H3/b11-8-/t19-,20+,21+,22-,23+,25+,26+,27-,28+/m1/s1. The maximum Gasteiger partial charge on any atom is 0.330 e. The third-order valence-corrected chi connectivity index (χ3v) is 10.4. The van der Waals surface area contributed by atoms with E-state index in [4.69, 9.17) is 9.47 Å². The van der Waals surface area contributed by atoms with E-state index >= 15 is 0 Å². The topological polar surface area (TPSA) is 93.1 Å². The Balaban J connectivity index is 1.72. The van der Waals surface area contributed by atoms with Gasteiger partial charge in [0.15, 0.2) is 0 Å². The molecule has 2 N–H and O–H groups in total. The third kappa shape index (κ3) is 3.95. The van der Waals surface area contributed by atoms with Gasteiger partial charge in [-0.25, -0.2) is 4.79 Å². The Labute approximate surface area is 203 Å². The number of aliphatic hydroxyl groups is 2. The van der Waals surface area contributed by atoms with Gasteiger partial charge in [-0.1, -0.05) is 32.9 Å². The molecule has 9 atom stereocenters. The van der Waals surface area contributed by atoms with Crippen molar-refractivity contribution < 1.29 is 29.3 Å². The van der Waals surface area contributed by atoms with Crippen LogP contribution in [0.15, 0.2) is 24.3 Å². The van der Waals surface area contributed by atoms with Gasteiger partial charge in [-0.15, -0.1) is 0 Å². The fraction of sp³-hybridized carbons (Fsp3) is 0.786. The van der Waals surface area contributed by atoms with Gasteiger partial charge in [0.25, 0.3) is 0 Å². The van der Waals surface area contributed by atoms with Gasteiger partial charge in [-0.3, -0.25) is 4.79 Å². The third-order valence-electron chi connectivity index (χ3n) is 10.4. The van der Waals surface area contributed by atoms with Crippen LogP contribution in [0.3, 0.4) is 0 Å². The molecule has 0 radical (unpaired) electrons. The second-order valence-corrected chi connectivity index (χ2v) is 11.9. The molecule has 6 heteroatoms. The van der Waals surface area contributed by atoms with E-state index in [-0.39, 0.29) is 29.3 Å². The normalized spacial score (nSPS) is 46.1. The number of carbonyl (C=O) groups excluding carboxylic acids is 2. The van der Waals surface area contributed by atoms with Crippen LogP contribution in [0.4, 0.5) is 0 Å². The first-order valence-corrected chi connectivity index (χ1v) is 13.0. The Morgan fingerprint density at radius 1 is 1.06 bits per heavy atom. The van der Waals surface area contributed by atoms with Crippen molar-refractivity contribution in [1.82, 2.24) is 0 Å². The summed E-state index contributed by atoms with van der Waals surface area (Å²) >= 11 is 0. The Bertz CT molecular complexity index is 865. The molecule has 0 heterocycles. The van der Waals surface area contributed by atoms with E-state index < -0.39 is 23.1 Å². The average Bonchev–Trinajstić information content (AvgIpc) is 2.91. The average molecular weight is 475 g/mol. The Hall–Kier alpha value is -1.66. The smallest absolute Gasteiger partial charge is 0.330 e. The molecular formula is C28H42O6. The van der Waals surface area contributed by atoms with Gasteiger partial charge in [0.2, 0.25) is 0 Å². The van der Waals surface area contributed by atoms with Crippen LogP contribution >= 0.6 is 0 Å². The summed E-state index contributed by atoms with van der Waals surface area (Å²) in [4.78, 5) is 23.8. The Morgan fingerprint density at radius 2 is 1.79 bits per heavy atom. The number of hydrogen-bond donors (Lipinski definition) is 2. The Kier molecular flexibility index (Phi) is 6.80. The maximum atomic E-state index is 12.6. The van der Waals surface area contributed by atoms with Crippen molar-refractivity contribution in [2.75, 3.05) is 7.11 Å². The largest absolute Gasteiger partial charge is 0.466 e. The molecule has 0 aromatic rings. The monoisotopic (exact) mass is 474 g/mol. The number of methoxy groups -OCH3 is 1. The van der Waals surface area contributed by atoms with E-state index in [1.54, 1.807) is 6.08 Å². The number of rotatable bonds is 4. The zero-order valence-corrected chi connectivity index (χ0v) is 21.2. The minimum atomic E-state index is -0.995. The fourth-order valence-corrected chi connectivity index (χ4v) is 8.77. The predicted molar refractivity (Wildman–Crippen MR) is 129 cm³/mol. The highest BCUT2D eigenvalue weighted by Crippen LogP contribution is 2.68. The van der Waals surface area contributed by atoms with Crippen molar-refractivity contribution in [3.05, 3.63) is 24.3 Å². The van der Waals surface area contributed by atoms with E-state index in [0.717, 1.165) is 51.4 Å². The summed E-state index contributed by atoms with van der Waals surface area (Å²) in [6.07, 6.45) is 10.2. The highest BCUT2D eigenvalue weighted by Gasteiger charge is 2.69. The van der Waals surface area contributed by atoms with Crippen LogP contribution in [-0.2, 0) is 19.1 Å². The van der Waals surface area contributed by atoms with Gasteiger partial charge < -0.3 is 19.7 Å². The van der Waals surface area contributed by atoms with Gasteiger partial charge >= 0.3 is 11.9 Å². The van der Waals surface area contributed by atoms with E-state index in [1.807, 2.05) is 0 Å². The second-order valence-electron chi connectivity index (χ2n) is 11.9. The van der Waals surface area contributed by atoms with Crippen LogP contribution < -0.4 is 0 Å². The molecule has 34 heavy (non-hydrogen) atoms. The molecule has 4 fully saturated rings. The molecule has 4 saturated carbocycles.